The third-order valence-electron chi connectivity index (χ3n) is 3.22. The van der Waals surface area contributed by atoms with Crippen molar-refractivity contribution in [2.45, 2.75) is 6.42 Å². The number of benzene rings is 2. The summed E-state index contributed by atoms with van der Waals surface area (Å²) in [5.74, 6) is 0.143. The highest BCUT2D eigenvalue weighted by molar-refractivity contribution is 5.89. The maximum absolute atomic E-state index is 11.7. The van der Waals surface area contributed by atoms with Gasteiger partial charge in [-0.3, -0.25) is 4.79 Å². The highest BCUT2D eigenvalue weighted by Gasteiger charge is 2.05. The SMILES string of the molecule is COC(=O)c1ccc(CCNC(=O)COc2ccccc2)cc1. The molecule has 0 radical (unpaired) electrons. The smallest absolute Gasteiger partial charge is 0.337 e. The largest absolute Gasteiger partial charge is 0.484 e. The van der Waals surface area contributed by atoms with Crippen molar-refractivity contribution < 1.29 is 19.1 Å². The molecule has 5 nitrogen and oxygen atoms in total. The Kier molecular flexibility index (Phi) is 6.17. The Morgan fingerprint density at radius 3 is 2.35 bits per heavy atom. The molecular formula is C18H19NO4. The van der Waals surface area contributed by atoms with E-state index in [1.54, 1.807) is 24.3 Å². The maximum atomic E-state index is 11.7. The highest BCUT2D eigenvalue weighted by atomic mass is 16.5. The molecule has 0 saturated heterocycles. The van der Waals surface area contributed by atoms with Gasteiger partial charge in [-0.15, -0.1) is 0 Å². The van der Waals surface area contributed by atoms with Gasteiger partial charge in [0.2, 0.25) is 0 Å². The monoisotopic (exact) mass is 313 g/mol. The van der Waals surface area contributed by atoms with Gasteiger partial charge in [-0.1, -0.05) is 30.3 Å². The van der Waals surface area contributed by atoms with Gasteiger partial charge in [0.05, 0.1) is 12.7 Å². The molecule has 2 aromatic rings. The van der Waals surface area contributed by atoms with Crippen molar-refractivity contribution in [1.82, 2.24) is 5.32 Å². The number of hydrogen-bond acceptors (Lipinski definition) is 4. The quantitative estimate of drug-likeness (QED) is 0.796. The summed E-state index contributed by atoms with van der Waals surface area (Å²) in [7, 11) is 1.35. The van der Waals surface area contributed by atoms with Gasteiger partial charge in [0.1, 0.15) is 5.75 Å². The average molecular weight is 313 g/mol. The molecule has 0 spiro atoms. The van der Waals surface area contributed by atoms with Crippen LogP contribution in [0.2, 0.25) is 0 Å². The summed E-state index contributed by atoms with van der Waals surface area (Å²) in [6, 6.07) is 16.3. The van der Waals surface area contributed by atoms with Crippen LogP contribution in [0.3, 0.4) is 0 Å². The topological polar surface area (TPSA) is 64.6 Å². The van der Waals surface area contributed by atoms with E-state index in [0.29, 0.717) is 24.3 Å². The first-order valence-corrected chi connectivity index (χ1v) is 7.31. The van der Waals surface area contributed by atoms with E-state index in [4.69, 9.17) is 4.74 Å². The molecule has 1 amide bonds. The zero-order chi connectivity index (χ0) is 16.5. The highest BCUT2D eigenvalue weighted by Crippen LogP contribution is 2.08. The Morgan fingerprint density at radius 1 is 1.00 bits per heavy atom. The van der Waals surface area contributed by atoms with Crippen LogP contribution in [0, 0.1) is 0 Å². The zero-order valence-corrected chi connectivity index (χ0v) is 13.0. The Labute approximate surface area is 135 Å². The number of carbonyl (C=O) groups is 2. The summed E-state index contributed by atoms with van der Waals surface area (Å²) < 4.78 is 10.0. The number of carbonyl (C=O) groups excluding carboxylic acids is 2. The number of para-hydroxylation sites is 1. The molecule has 0 saturated carbocycles. The minimum atomic E-state index is -0.358. The molecule has 0 aliphatic carbocycles. The van der Waals surface area contributed by atoms with Crippen molar-refractivity contribution in [3.63, 3.8) is 0 Å². The summed E-state index contributed by atoms with van der Waals surface area (Å²) in [6.45, 7) is 0.500. The fourth-order valence-electron chi connectivity index (χ4n) is 1.99. The normalized spacial score (nSPS) is 9.96. The van der Waals surface area contributed by atoms with E-state index in [2.05, 4.69) is 10.1 Å². The molecule has 1 N–H and O–H groups in total. The van der Waals surface area contributed by atoms with E-state index < -0.39 is 0 Å². The van der Waals surface area contributed by atoms with E-state index in [-0.39, 0.29) is 18.5 Å². The summed E-state index contributed by atoms with van der Waals surface area (Å²) in [6.07, 6.45) is 0.679. The van der Waals surface area contributed by atoms with Crippen molar-refractivity contribution in [3.05, 3.63) is 65.7 Å². The number of nitrogens with one attached hydrogen (secondary N) is 1. The first kappa shape index (κ1) is 16.5. The van der Waals surface area contributed by atoms with E-state index in [9.17, 15) is 9.59 Å². The van der Waals surface area contributed by atoms with Crippen molar-refractivity contribution in [2.75, 3.05) is 20.3 Å². The summed E-state index contributed by atoms with van der Waals surface area (Å²) in [5, 5.41) is 2.79. The summed E-state index contributed by atoms with van der Waals surface area (Å²) in [5.41, 5.74) is 1.54. The van der Waals surface area contributed by atoms with Crippen LogP contribution in [0.4, 0.5) is 0 Å². The van der Waals surface area contributed by atoms with Crippen LogP contribution >= 0.6 is 0 Å². The molecule has 0 bridgehead atoms. The number of amides is 1. The second kappa shape index (κ2) is 8.58. The molecule has 2 aromatic carbocycles. The lowest BCUT2D eigenvalue weighted by Crippen LogP contribution is -2.30. The van der Waals surface area contributed by atoms with Crippen molar-refractivity contribution in [3.8, 4) is 5.75 Å². The van der Waals surface area contributed by atoms with Crippen molar-refractivity contribution in [1.29, 1.82) is 0 Å². The van der Waals surface area contributed by atoms with E-state index >= 15 is 0 Å². The van der Waals surface area contributed by atoms with Crippen LogP contribution in [0.15, 0.2) is 54.6 Å². The Bertz CT molecular complexity index is 638. The molecule has 0 aliphatic heterocycles. The first-order chi connectivity index (χ1) is 11.2. The minimum Gasteiger partial charge on any atom is -0.484 e. The number of rotatable bonds is 7. The Balaban J connectivity index is 1.70. The molecule has 2 rings (SSSR count). The van der Waals surface area contributed by atoms with Gasteiger partial charge in [0.15, 0.2) is 6.61 Å². The molecule has 23 heavy (non-hydrogen) atoms. The average Bonchev–Trinajstić information content (AvgIpc) is 2.61. The predicted molar refractivity (Wildman–Crippen MR) is 86.4 cm³/mol. The van der Waals surface area contributed by atoms with Crippen LogP contribution in [0.5, 0.6) is 5.75 Å². The van der Waals surface area contributed by atoms with Gasteiger partial charge in [-0.25, -0.2) is 4.79 Å². The second-order valence-corrected chi connectivity index (χ2v) is 4.89. The lowest BCUT2D eigenvalue weighted by Gasteiger charge is -2.08. The fourth-order valence-corrected chi connectivity index (χ4v) is 1.99. The van der Waals surface area contributed by atoms with Gasteiger partial charge in [0.25, 0.3) is 5.91 Å². The van der Waals surface area contributed by atoms with Crippen LogP contribution < -0.4 is 10.1 Å². The van der Waals surface area contributed by atoms with Gasteiger partial charge in [-0.05, 0) is 36.2 Å². The lowest BCUT2D eigenvalue weighted by molar-refractivity contribution is -0.123. The fraction of sp³-hybridized carbons (Fsp3) is 0.222. The molecule has 0 atom stereocenters. The van der Waals surface area contributed by atoms with Crippen LogP contribution in [-0.4, -0.2) is 32.1 Å². The van der Waals surface area contributed by atoms with Crippen molar-refractivity contribution >= 4 is 11.9 Å². The van der Waals surface area contributed by atoms with E-state index in [1.807, 2.05) is 30.3 Å². The van der Waals surface area contributed by atoms with E-state index in [1.165, 1.54) is 7.11 Å². The van der Waals surface area contributed by atoms with Gasteiger partial charge in [-0.2, -0.15) is 0 Å². The summed E-state index contributed by atoms with van der Waals surface area (Å²) >= 11 is 0. The van der Waals surface area contributed by atoms with Crippen molar-refractivity contribution in [2.24, 2.45) is 0 Å². The molecule has 0 aromatic heterocycles. The number of ether oxygens (including phenoxy) is 2. The molecule has 0 unspecified atom stereocenters. The molecule has 0 fully saturated rings. The third-order valence-corrected chi connectivity index (χ3v) is 3.22. The molecule has 0 aliphatic rings. The first-order valence-electron chi connectivity index (χ1n) is 7.31. The minimum absolute atomic E-state index is 0.00864. The maximum Gasteiger partial charge on any atom is 0.337 e. The van der Waals surface area contributed by atoms with Crippen LogP contribution in [0.1, 0.15) is 15.9 Å². The standard InChI is InChI=1S/C18H19NO4/c1-22-18(21)15-9-7-14(8-10-15)11-12-19-17(20)13-23-16-5-3-2-4-6-16/h2-10H,11-13H2,1H3,(H,19,20). The zero-order valence-electron chi connectivity index (χ0n) is 13.0. The predicted octanol–water partition coefficient (Wildman–Crippen LogP) is 2.21. The van der Waals surface area contributed by atoms with Gasteiger partial charge >= 0.3 is 5.97 Å². The third kappa shape index (κ3) is 5.47. The second-order valence-electron chi connectivity index (χ2n) is 4.89. The van der Waals surface area contributed by atoms with Gasteiger partial charge < -0.3 is 14.8 Å². The molecule has 120 valence electrons. The Hall–Kier alpha value is -2.82. The molecule has 0 heterocycles. The molecule has 5 heteroatoms. The van der Waals surface area contributed by atoms with Crippen LogP contribution in [0.25, 0.3) is 0 Å². The number of esters is 1. The van der Waals surface area contributed by atoms with Gasteiger partial charge in [0, 0.05) is 6.54 Å². The van der Waals surface area contributed by atoms with Crippen LogP contribution in [-0.2, 0) is 16.0 Å². The number of methoxy groups -OCH3 is 1. The Morgan fingerprint density at radius 2 is 1.70 bits per heavy atom. The lowest BCUT2D eigenvalue weighted by atomic mass is 10.1. The molecular weight excluding hydrogens is 294 g/mol. The number of hydrogen-bond donors (Lipinski definition) is 1. The summed E-state index contributed by atoms with van der Waals surface area (Å²) in [4.78, 5) is 23.0. The van der Waals surface area contributed by atoms with E-state index in [0.717, 1.165) is 5.56 Å².